The van der Waals surface area contributed by atoms with Gasteiger partial charge in [-0.15, -0.1) is 0 Å². The monoisotopic (exact) mass is 831 g/mol. The second-order valence-corrected chi connectivity index (χ2v) is 17.6. The zero-order chi connectivity index (χ0) is 43.5. The summed E-state index contributed by atoms with van der Waals surface area (Å²) in [5.41, 5.74) is 21.8. The summed E-state index contributed by atoms with van der Waals surface area (Å²) >= 11 is 0. The molecule has 0 atom stereocenters. The van der Waals surface area contributed by atoms with Crippen LogP contribution >= 0.6 is 0 Å². The molecule has 0 unspecified atom stereocenters. The lowest BCUT2D eigenvalue weighted by Gasteiger charge is -2.32. The maximum Gasteiger partial charge on any atom is 0.136 e. The number of furan rings is 1. The lowest BCUT2D eigenvalue weighted by molar-refractivity contribution is 0.660. The van der Waals surface area contributed by atoms with E-state index in [2.05, 4.69) is 249 Å². The van der Waals surface area contributed by atoms with Crippen LogP contribution in [0.3, 0.4) is 0 Å². The average molecular weight is 832 g/mol. The minimum Gasteiger partial charge on any atom is -0.456 e. The van der Waals surface area contributed by atoms with Gasteiger partial charge in [0.05, 0.1) is 17.1 Å². The van der Waals surface area contributed by atoms with Crippen molar-refractivity contribution in [3.8, 4) is 66.8 Å². The number of rotatable bonds is 8. The molecular formula is C63H45NO. The lowest BCUT2D eigenvalue weighted by atomic mass is 9.82. The Hall–Kier alpha value is -8.20. The second kappa shape index (κ2) is 15.6. The molecular weight excluding hydrogens is 787 g/mol. The molecule has 0 N–H and O–H groups in total. The summed E-state index contributed by atoms with van der Waals surface area (Å²) in [5, 5.41) is 2.24. The maximum absolute atomic E-state index is 6.51. The van der Waals surface area contributed by atoms with Gasteiger partial charge in [0, 0.05) is 32.9 Å². The van der Waals surface area contributed by atoms with Gasteiger partial charge >= 0.3 is 0 Å². The molecule has 10 aromatic carbocycles. The van der Waals surface area contributed by atoms with Gasteiger partial charge in [0.15, 0.2) is 0 Å². The minimum atomic E-state index is -0.134. The SMILES string of the molecule is CC1(C)c2ccccc2-c2c(-c3ccccc3N(c3ccccc3-c3ccc4c(c3)oc3ccccc34)c3ccccc3-c3ccccc3-c3ccccc3-c3ccccc3)cccc21. The molecule has 2 nitrogen and oxygen atoms in total. The molecule has 308 valence electrons. The number of nitrogens with zero attached hydrogens (tertiary/aromatic N) is 1. The van der Waals surface area contributed by atoms with E-state index in [-0.39, 0.29) is 5.41 Å². The van der Waals surface area contributed by atoms with Crippen LogP contribution < -0.4 is 4.90 Å². The molecule has 0 radical (unpaired) electrons. The first-order valence-corrected chi connectivity index (χ1v) is 22.5. The zero-order valence-electron chi connectivity index (χ0n) is 36.4. The fourth-order valence-corrected chi connectivity index (χ4v) is 10.5. The Morgan fingerprint density at radius 3 is 1.48 bits per heavy atom. The molecule has 1 aromatic heterocycles. The highest BCUT2D eigenvalue weighted by Crippen LogP contribution is 2.55. The molecule has 11 aromatic rings. The van der Waals surface area contributed by atoms with E-state index in [0.717, 1.165) is 66.8 Å². The zero-order valence-corrected chi connectivity index (χ0v) is 36.4. The number of fused-ring (bicyclic) bond motifs is 6. The fourth-order valence-electron chi connectivity index (χ4n) is 10.5. The topological polar surface area (TPSA) is 16.4 Å². The molecule has 1 aliphatic carbocycles. The van der Waals surface area contributed by atoms with Crippen molar-refractivity contribution in [1.29, 1.82) is 0 Å². The molecule has 0 saturated carbocycles. The van der Waals surface area contributed by atoms with Crippen LogP contribution in [0.15, 0.2) is 241 Å². The largest absolute Gasteiger partial charge is 0.456 e. The quantitative estimate of drug-likeness (QED) is 0.152. The molecule has 65 heavy (non-hydrogen) atoms. The van der Waals surface area contributed by atoms with Crippen molar-refractivity contribution in [2.75, 3.05) is 4.90 Å². The molecule has 12 rings (SSSR count). The van der Waals surface area contributed by atoms with Crippen LogP contribution in [0.4, 0.5) is 17.1 Å². The van der Waals surface area contributed by atoms with E-state index in [1.165, 1.54) is 50.1 Å². The van der Waals surface area contributed by atoms with E-state index in [9.17, 15) is 0 Å². The van der Waals surface area contributed by atoms with Gasteiger partial charge in [0.2, 0.25) is 0 Å². The number of anilines is 3. The van der Waals surface area contributed by atoms with Crippen molar-refractivity contribution in [3.63, 3.8) is 0 Å². The smallest absolute Gasteiger partial charge is 0.136 e. The van der Waals surface area contributed by atoms with Crippen LogP contribution in [0.5, 0.6) is 0 Å². The highest BCUT2D eigenvalue weighted by molar-refractivity contribution is 6.07. The summed E-state index contributed by atoms with van der Waals surface area (Å²) in [4.78, 5) is 2.51. The van der Waals surface area contributed by atoms with E-state index in [0.29, 0.717) is 0 Å². The summed E-state index contributed by atoms with van der Waals surface area (Å²) in [6.45, 7) is 4.72. The van der Waals surface area contributed by atoms with Gasteiger partial charge in [-0.05, 0) is 97.6 Å². The third-order valence-electron chi connectivity index (χ3n) is 13.5. The highest BCUT2D eigenvalue weighted by Gasteiger charge is 2.37. The first kappa shape index (κ1) is 38.5. The molecule has 2 heteroatoms. The van der Waals surface area contributed by atoms with E-state index in [4.69, 9.17) is 4.42 Å². The third-order valence-corrected chi connectivity index (χ3v) is 13.5. The van der Waals surface area contributed by atoms with Gasteiger partial charge in [0.1, 0.15) is 11.2 Å². The van der Waals surface area contributed by atoms with Crippen molar-refractivity contribution in [2.45, 2.75) is 19.3 Å². The molecule has 0 fully saturated rings. The Kier molecular flexibility index (Phi) is 9.21. The molecule has 0 bridgehead atoms. The van der Waals surface area contributed by atoms with Gasteiger partial charge in [-0.25, -0.2) is 0 Å². The summed E-state index contributed by atoms with van der Waals surface area (Å²) in [6.07, 6.45) is 0. The van der Waals surface area contributed by atoms with Crippen molar-refractivity contribution in [2.24, 2.45) is 0 Å². The molecule has 1 heterocycles. The standard InChI is InChI=1S/C63H45NO/c1-63(2)55-33-15-10-31-54(55)62-53(32-20-34-56(62)63)50-29-13-18-37-59(50)64(57-35-16-11-24-45(57)43-39-40-52-51-30-14-19-38-60(51)65-61(52)41-43)58-36-17-12-28-49(58)48-27-9-8-26-47(48)46-25-7-6-23-44(46)42-21-4-3-5-22-42/h3-41H,1-2H3. The Balaban J connectivity index is 1.12. The second-order valence-electron chi connectivity index (χ2n) is 17.6. The molecule has 0 aliphatic heterocycles. The Bertz CT molecular complexity index is 3590. The van der Waals surface area contributed by atoms with Gasteiger partial charge in [0.25, 0.3) is 0 Å². The molecule has 0 saturated heterocycles. The first-order chi connectivity index (χ1) is 32.0. The third kappa shape index (κ3) is 6.32. The number of hydrogen-bond acceptors (Lipinski definition) is 2. The predicted octanol–water partition coefficient (Wildman–Crippen LogP) is 17.7. The van der Waals surface area contributed by atoms with E-state index < -0.39 is 0 Å². The molecule has 0 amide bonds. The molecule has 0 spiro atoms. The van der Waals surface area contributed by atoms with Crippen molar-refractivity contribution < 1.29 is 4.42 Å². The van der Waals surface area contributed by atoms with Crippen LogP contribution in [-0.2, 0) is 5.41 Å². The number of hydrogen-bond donors (Lipinski definition) is 0. The van der Waals surface area contributed by atoms with Crippen molar-refractivity contribution in [3.05, 3.63) is 248 Å². The Labute approximate surface area is 380 Å². The number of para-hydroxylation sites is 4. The summed E-state index contributed by atoms with van der Waals surface area (Å²) < 4.78 is 6.51. The summed E-state index contributed by atoms with van der Waals surface area (Å²) in [7, 11) is 0. The summed E-state index contributed by atoms with van der Waals surface area (Å²) in [6, 6.07) is 86.0. The number of benzene rings is 10. The Morgan fingerprint density at radius 1 is 0.308 bits per heavy atom. The minimum absolute atomic E-state index is 0.134. The van der Waals surface area contributed by atoms with Crippen LogP contribution in [0.2, 0.25) is 0 Å². The van der Waals surface area contributed by atoms with E-state index >= 15 is 0 Å². The normalized spacial score (nSPS) is 12.6. The first-order valence-electron chi connectivity index (χ1n) is 22.5. The summed E-state index contributed by atoms with van der Waals surface area (Å²) in [5.74, 6) is 0. The molecule has 1 aliphatic rings. The lowest BCUT2D eigenvalue weighted by Crippen LogP contribution is -2.15. The highest BCUT2D eigenvalue weighted by atomic mass is 16.3. The van der Waals surface area contributed by atoms with Crippen LogP contribution in [0.25, 0.3) is 88.7 Å². The Morgan fingerprint density at radius 2 is 0.769 bits per heavy atom. The van der Waals surface area contributed by atoms with Crippen molar-refractivity contribution in [1.82, 2.24) is 0 Å². The van der Waals surface area contributed by atoms with Crippen molar-refractivity contribution >= 4 is 39.0 Å². The van der Waals surface area contributed by atoms with Crippen LogP contribution in [0, 0.1) is 0 Å². The van der Waals surface area contributed by atoms with Gasteiger partial charge in [-0.3, -0.25) is 0 Å². The van der Waals surface area contributed by atoms with E-state index in [1.807, 2.05) is 6.07 Å². The van der Waals surface area contributed by atoms with Gasteiger partial charge < -0.3 is 9.32 Å². The van der Waals surface area contributed by atoms with E-state index in [1.54, 1.807) is 0 Å². The van der Waals surface area contributed by atoms with Crippen LogP contribution in [-0.4, -0.2) is 0 Å². The van der Waals surface area contributed by atoms with Gasteiger partial charge in [-0.1, -0.05) is 214 Å². The average Bonchev–Trinajstić information content (AvgIpc) is 3.86. The van der Waals surface area contributed by atoms with Crippen LogP contribution in [0.1, 0.15) is 25.0 Å². The van der Waals surface area contributed by atoms with Gasteiger partial charge in [-0.2, -0.15) is 0 Å². The predicted molar refractivity (Wildman–Crippen MR) is 273 cm³/mol. The maximum atomic E-state index is 6.51. The fraction of sp³-hybridized carbons (Fsp3) is 0.0476.